The van der Waals surface area contributed by atoms with E-state index in [1.54, 1.807) is 0 Å². The minimum atomic E-state index is 0.0103. The van der Waals surface area contributed by atoms with E-state index in [1.165, 1.54) is 12.8 Å². The van der Waals surface area contributed by atoms with Gasteiger partial charge in [-0.3, -0.25) is 9.59 Å². The van der Waals surface area contributed by atoms with Gasteiger partial charge in [0.1, 0.15) is 0 Å². The van der Waals surface area contributed by atoms with Gasteiger partial charge in [0.15, 0.2) is 0 Å². The summed E-state index contributed by atoms with van der Waals surface area (Å²) in [6, 6.07) is 0.206. The predicted molar refractivity (Wildman–Crippen MR) is 80.4 cm³/mol. The number of hydrogen-bond donors (Lipinski definition) is 3. The van der Waals surface area contributed by atoms with Crippen LogP contribution in [0.2, 0.25) is 0 Å². The molecule has 1 rings (SSSR count). The topological polar surface area (TPSA) is 70.2 Å². The second-order valence-corrected chi connectivity index (χ2v) is 5.73. The van der Waals surface area contributed by atoms with Gasteiger partial charge in [-0.15, -0.1) is 0 Å². The first-order valence-electron chi connectivity index (χ1n) is 7.88. The van der Waals surface area contributed by atoms with Crippen molar-refractivity contribution in [1.29, 1.82) is 0 Å². The number of carbonyl (C=O) groups is 2. The molecule has 0 spiro atoms. The van der Waals surface area contributed by atoms with E-state index in [0.717, 1.165) is 25.9 Å². The van der Waals surface area contributed by atoms with E-state index in [9.17, 15) is 9.59 Å². The van der Waals surface area contributed by atoms with Gasteiger partial charge < -0.3 is 16.0 Å². The maximum absolute atomic E-state index is 11.7. The Bertz CT molecular complexity index is 301. The van der Waals surface area contributed by atoms with Crippen molar-refractivity contribution in [3.8, 4) is 0 Å². The zero-order chi connectivity index (χ0) is 14.8. The van der Waals surface area contributed by atoms with Crippen LogP contribution in [0.25, 0.3) is 0 Å². The van der Waals surface area contributed by atoms with Crippen molar-refractivity contribution >= 4 is 11.8 Å². The van der Waals surface area contributed by atoms with Crippen molar-refractivity contribution in [3.05, 3.63) is 0 Å². The lowest BCUT2D eigenvalue weighted by Gasteiger charge is -2.22. The van der Waals surface area contributed by atoms with E-state index in [2.05, 4.69) is 16.0 Å². The molecule has 0 aromatic rings. The van der Waals surface area contributed by atoms with Crippen LogP contribution in [0.3, 0.4) is 0 Å². The van der Waals surface area contributed by atoms with Gasteiger partial charge in [-0.05, 0) is 51.6 Å². The summed E-state index contributed by atoms with van der Waals surface area (Å²) in [6.07, 6.45) is 5.23. The predicted octanol–water partition coefficient (Wildman–Crippen LogP) is 1.19. The third-order valence-electron chi connectivity index (χ3n) is 3.87. The summed E-state index contributed by atoms with van der Waals surface area (Å²) in [7, 11) is 0. The lowest BCUT2D eigenvalue weighted by Crippen LogP contribution is -2.35. The summed E-state index contributed by atoms with van der Waals surface area (Å²) < 4.78 is 0. The van der Waals surface area contributed by atoms with Gasteiger partial charge in [0.25, 0.3) is 0 Å². The Kier molecular flexibility index (Phi) is 8.26. The van der Waals surface area contributed by atoms with Gasteiger partial charge in [-0.2, -0.15) is 0 Å². The minimum absolute atomic E-state index is 0.0103. The van der Waals surface area contributed by atoms with E-state index in [4.69, 9.17) is 0 Å². The van der Waals surface area contributed by atoms with Crippen LogP contribution < -0.4 is 16.0 Å². The summed E-state index contributed by atoms with van der Waals surface area (Å²) in [5, 5.41) is 9.07. The first kappa shape index (κ1) is 17.0. The van der Waals surface area contributed by atoms with Gasteiger partial charge in [0.2, 0.25) is 11.8 Å². The zero-order valence-electron chi connectivity index (χ0n) is 12.8. The molecule has 2 amide bonds. The standard InChI is InChI=1S/C15H29N3O2/c1-3-12(2)18-15(20)8-10-17-14(19)7-6-13-5-4-9-16-11-13/h12-13,16H,3-11H2,1-2H3,(H,17,19)(H,18,20). The van der Waals surface area contributed by atoms with Crippen LogP contribution >= 0.6 is 0 Å². The molecule has 0 bridgehead atoms. The van der Waals surface area contributed by atoms with Crippen molar-refractivity contribution in [2.45, 2.75) is 58.4 Å². The van der Waals surface area contributed by atoms with Crippen LogP contribution in [0.1, 0.15) is 52.4 Å². The normalized spacial score (nSPS) is 20.2. The van der Waals surface area contributed by atoms with Crippen LogP contribution in [-0.2, 0) is 9.59 Å². The summed E-state index contributed by atoms with van der Waals surface area (Å²) in [6.45, 7) is 6.59. The van der Waals surface area contributed by atoms with Gasteiger partial charge in [0.05, 0.1) is 0 Å². The molecule has 1 saturated heterocycles. The Balaban J connectivity index is 2.03. The maximum atomic E-state index is 11.7. The lowest BCUT2D eigenvalue weighted by atomic mass is 9.94. The lowest BCUT2D eigenvalue weighted by molar-refractivity contribution is -0.122. The average molecular weight is 283 g/mol. The molecule has 1 aliphatic rings. The summed E-state index contributed by atoms with van der Waals surface area (Å²) >= 11 is 0. The molecular formula is C15H29N3O2. The first-order valence-corrected chi connectivity index (χ1v) is 7.88. The largest absolute Gasteiger partial charge is 0.356 e. The van der Waals surface area contributed by atoms with E-state index < -0.39 is 0 Å². The minimum Gasteiger partial charge on any atom is -0.356 e. The Hall–Kier alpha value is -1.10. The van der Waals surface area contributed by atoms with Gasteiger partial charge >= 0.3 is 0 Å². The number of amides is 2. The summed E-state index contributed by atoms with van der Waals surface area (Å²) in [5.41, 5.74) is 0. The number of carbonyl (C=O) groups excluding carboxylic acids is 2. The fourth-order valence-electron chi connectivity index (χ4n) is 2.36. The van der Waals surface area contributed by atoms with Crippen molar-refractivity contribution in [1.82, 2.24) is 16.0 Å². The molecule has 2 unspecified atom stereocenters. The van der Waals surface area contributed by atoms with Crippen LogP contribution in [0.5, 0.6) is 0 Å². The molecule has 0 aromatic carbocycles. The highest BCUT2D eigenvalue weighted by Crippen LogP contribution is 2.15. The highest BCUT2D eigenvalue weighted by molar-refractivity contribution is 5.79. The molecule has 0 aromatic heterocycles. The molecule has 1 fully saturated rings. The number of nitrogens with one attached hydrogen (secondary N) is 3. The quantitative estimate of drug-likeness (QED) is 0.626. The van der Waals surface area contributed by atoms with Crippen molar-refractivity contribution < 1.29 is 9.59 Å². The Morgan fingerprint density at radius 3 is 2.75 bits per heavy atom. The Labute approximate surface area is 122 Å². The molecule has 20 heavy (non-hydrogen) atoms. The fraction of sp³-hybridized carbons (Fsp3) is 0.867. The van der Waals surface area contributed by atoms with E-state index in [1.807, 2.05) is 13.8 Å². The number of hydrogen-bond acceptors (Lipinski definition) is 3. The molecule has 2 atom stereocenters. The van der Waals surface area contributed by atoms with Crippen molar-refractivity contribution in [3.63, 3.8) is 0 Å². The molecule has 0 aliphatic carbocycles. The molecule has 0 saturated carbocycles. The van der Waals surface area contributed by atoms with E-state index >= 15 is 0 Å². The van der Waals surface area contributed by atoms with Crippen LogP contribution in [0.4, 0.5) is 0 Å². The highest BCUT2D eigenvalue weighted by atomic mass is 16.2. The molecule has 0 radical (unpaired) electrons. The smallest absolute Gasteiger partial charge is 0.221 e. The Morgan fingerprint density at radius 1 is 1.30 bits per heavy atom. The monoisotopic (exact) mass is 283 g/mol. The van der Waals surface area contributed by atoms with Crippen LogP contribution in [0, 0.1) is 5.92 Å². The maximum Gasteiger partial charge on any atom is 0.221 e. The SMILES string of the molecule is CCC(C)NC(=O)CCNC(=O)CCC1CCCNC1. The summed E-state index contributed by atoms with van der Waals surface area (Å²) in [5.74, 6) is 0.700. The molecule has 1 aliphatic heterocycles. The molecule has 116 valence electrons. The molecule has 1 heterocycles. The third-order valence-corrected chi connectivity index (χ3v) is 3.87. The highest BCUT2D eigenvalue weighted by Gasteiger charge is 2.14. The number of piperidine rings is 1. The fourth-order valence-corrected chi connectivity index (χ4v) is 2.36. The van der Waals surface area contributed by atoms with Gasteiger partial charge in [0, 0.05) is 25.4 Å². The number of rotatable bonds is 8. The third kappa shape index (κ3) is 7.48. The summed E-state index contributed by atoms with van der Waals surface area (Å²) in [4.78, 5) is 23.2. The second-order valence-electron chi connectivity index (χ2n) is 5.73. The first-order chi connectivity index (χ1) is 9.61. The van der Waals surface area contributed by atoms with Gasteiger partial charge in [-0.25, -0.2) is 0 Å². The van der Waals surface area contributed by atoms with Crippen molar-refractivity contribution in [2.75, 3.05) is 19.6 Å². The molecule has 5 heteroatoms. The second kappa shape index (κ2) is 9.75. The molecular weight excluding hydrogens is 254 g/mol. The zero-order valence-corrected chi connectivity index (χ0v) is 12.8. The van der Waals surface area contributed by atoms with Crippen molar-refractivity contribution in [2.24, 2.45) is 5.92 Å². The van der Waals surface area contributed by atoms with Gasteiger partial charge in [-0.1, -0.05) is 6.92 Å². The molecule has 5 nitrogen and oxygen atoms in total. The van der Waals surface area contributed by atoms with Crippen LogP contribution in [0.15, 0.2) is 0 Å². The average Bonchev–Trinajstić information content (AvgIpc) is 2.46. The van der Waals surface area contributed by atoms with E-state index in [0.29, 0.717) is 25.3 Å². The molecule has 3 N–H and O–H groups in total. The van der Waals surface area contributed by atoms with Crippen LogP contribution in [-0.4, -0.2) is 37.5 Å². The Morgan fingerprint density at radius 2 is 2.10 bits per heavy atom. The van der Waals surface area contributed by atoms with E-state index in [-0.39, 0.29) is 17.9 Å².